The summed E-state index contributed by atoms with van der Waals surface area (Å²) >= 11 is 0. The topological polar surface area (TPSA) is 72.6 Å². The number of methoxy groups -OCH3 is 1. The fraction of sp³-hybridized carbons (Fsp3) is 0.125. The van der Waals surface area contributed by atoms with Gasteiger partial charge in [0.25, 0.3) is 0 Å². The number of hydrogen-bond donors (Lipinski definition) is 1. The van der Waals surface area contributed by atoms with E-state index in [1.165, 1.54) is 6.07 Å². The molecule has 0 bridgehead atoms. The van der Waals surface area contributed by atoms with E-state index >= 15 is 0 Å². The lowest BCUT2D eigenvalue weighted by Gasteiger charge is -2.05. The number of ether oxygens (including phenoxy) is 1. The minimum Gasteiger partial charge on any atom is -0.496 e. The molecule has 0 amide bonds. The Balaban J connectivity index is 2.17. The molecular weight excluding hydrogens is 270 g/mol. The van der Waals surface area contributed by atoms with E-state index in [1.807, 2.05) is 25.1 Å². The number of aromatic nitrogens is 1. The number of carbonyl (C=O) groups is 1. The summed E-state index contributed by atoms with van der Waals surface area (Å²) in [5, 5.41) is 9.17. The number of fused-ring (bicyclic) bond motifs is 1. The summed E-state index contributed by atoms with van der Waals surface area (Å²) in [6.45, 7) is 1.94. The summed E-state index contributed by atoms with van der Waals surface area (Å²) in [4.78, 5) is 15.5. The average Bonchev–Trinajstić information content (AvgIpc) is 2.91. The highest BCUT2D eigenvalue weighted by Gasteiger charge is 2.16. The third kappa shape index (κ3) is 2.23. The highest BCUT2D eigenvalue weighted by atomic mass is 16.5. The number of aromatic carboxylic acids is 1. The van der Waals surface area contributed by atoms with Crippen LogP contribution in [0.15, 0.2) is 40.8 Å². The van der Waals surface area contributed by atoms with Gasteiger partial charge in [0, 0.05) is 5.56 Å². The smallest absolute Gasteiger partial charge is 0.339 e. The molecule has 3 rings (SSSR count). The molecule has 0 aliphatic heterocycles. The second-order valence-corrected chi connectivity index (χ2v) is 4.66. The van der Waals surface area contributed by atoms with Gasteiger partial charge < -0.3 is 14.3 Å². The van der Waals surface area contributed by atoms with Crippen LogP contribution >= 0.6 is 0 Å². The molecule has 0 atom stereocenters. The number of para-hydroxylation sites is 1. The molecule has 0 saturated carbocycles. The Labute approximate surface area is 120 Å². The zero-order valence-electron chi connectivity index (χ0n) is 11.6. The molecule has 21 heavy (non-hydrogen) atoms. The van der Waals surface area contributed by atoms with Crippen molar-refractivity contribution >= 4 is 17.1 Å². The molecule has 0 radical (unpaired) electrons. The van der Waals surface area contributed by atoms with Crippen LogP contribution in [0.4, 0.5) is 0 Å². The van der Waals surface area contributed by atoms with Crippen LogP contribution < -0.4 is 4.74 Å². The summed E-state index contributed by atoms with van der Waals surface area (Å²) in [5.41, 5.74) is 2.64. The number of hydrogen-bond acceptors (Lipinski definition) is 4. The molecule has 1 aromatic heterocycles. The number of oxazole rings is 1. The standard InChI is InChI=1S/C16H13NO4/c1-9-6-7-10(8-13(9)20-2)15-17-12-5-3-4-11(16(18)19)14(12)21-15/h3-8H,1-2H3,(H,18,19). The molecule has 0 spiro atoms. The zero-order chi connectivity index (χ0) is 15.0. The van der Waals surface area contributed by atoms with Crippen molar-refractivity contribution in [1.82, 2.24) is 4.98 Å². The fourth-order valence-electron chi connectivity index (χ4n) is 2.19. The summed E-state index contributed by atoms with van der Waals surface area (Å²) in [7, 11) is 1.60. The van der Waals surface area contributed by atoms with Crippen LogP contribution in [0.3, 0.4) is 0 Å². The summed E-state index contributed by atoms with van der Waals surface area (Å²) in [5.74, 6) is 0.0648. The molecule has 1 heterocycles. The van der Waals surface area contributed by atoms with E-state index in [0.29, 0.717) is 11.4 Å². The molecule has 0 unspecified atom stereocenters. The minimum atomic E-state index is -1.04. The van der Waals surface area contributed by atoms with Crippen molar-refractivity contribution in [3.05, 3.63) is 47.5 Å². The van der Waals surface area contributed by atoms with Crippen LogP contribution in [0.2, 0.25) is 0 Å². The van der Waals surface area contributed by atoms with Crippen LogP contribution in [-0.4, -0.2) is 23.2 Å². The van der Waals surface area contributed by atoms with Crippen LogP contribution in [0.5, 0.6) is 5.75 Å². The number of nitrogens with zero attached hydrogens (tertiary/aromatic N) is 1. The SMILES string of the molecule is COc1cc(-c2nc3cccc(C(=O)O)c3o2)ccc1C. The maximum Gasteiger partial charge on any atom is 0.339 e. The van der Waals surface area contributed by atoms with Crippen molar-refractivity contribution in [2.45, 2.75) is 6.92 Å². The molecule has 0 aliphatic carbocycles. The monoisotopic (exact) mass is 283 g/mol. The molecule has 5 heteroatoms. The van der Waals surface area contributed by atoms with Gasteiger partial charge in [0.1, 0.15) is 16.8 Å². The third-order valence-corrected chi connectivity index (χ3v) is 3.30. The van der Waals surface area contributed by atoms with E-state index in [0.717, 1.165) is 16.9 Å². The van der Waals surface area contributed by atoms with Crippen LogP contribution in [0.1, 0.15) is 15.9 Å². The van der Waals surface area contributed by atoms with E-state index in [9.17, 15) is 9.90 Å². The fourth-order valence-corrected chi connectivity index (χ4v) is 2.19. The van der Waals surface area contributed by atoms with Gasteiger partial charge in [0.05, 0.1) is 7.11 Å². The van der Waals surface area contributed by atoms with Gasteiger partial charge in [0.2, 0.25) is 5.89 Å². The molecule has 5 nitrogen and oxygen atoms in total. The summed E-state index contributed by atoms with van der Waals surface area (Å²) in [6.07, 6.45) is 0. The summed E-state index contributed by atoms with van der Waals surface area (Å²) in [6, 6.07) is 10.5. The van der Waals surface area contributed by atoms with Gasteiger partial charge in [-0.2, -0.15) is 0 Å². The van der Waals surface area contributed by atoms with Crippen molar-refractivity contribution in [2.75, 3.05) is 7.11 Å². The normalized spacial score (nSPS) is 10.8. The molecule has 1 N–H and O–H groups in total. The number of carboxylic acids is 1. The Bertz CT molecular complexity index is 835. The molecule has 0 aliphatic rings. The molecule has 106 valence electrons. The molecule has 2 aromatic carbocycles. The van der Waals surface area contributed by atoms with E-state index in [-0.39, 0.29) is 11.1 Å². The maximum absolute atomic E-state index is 11.2. The highest BCUT2D eigenvalue weighted by Crippen LogP contribution is 2.30. The van der Waals surface area contributed by atoms with Gasteiger partial charge in [-0.1, -0.05) is 12.1 Å². The van der Waals surface area contributed by atoms with E-state index in [4.69, 9.17) is 9.15 Å². The van der Waals surface area contributed by atoms with Crippen molar-refractivity contribution in [3.8, 4) is 17.2 Å². The predicted molar refractivity (Wildman–Crippen MR) is 77.7 cm³/mol. The van der Waals surface area contributed by atoms with Gasteiger partial charge in [0.15, 0.2) is 5.58 Å². The van der Waals surface area contributed by atoms with Crippen molar-refractivity contribution < 1.29 is 19.1 Å². The van der Waals surface area contributed by atoms with Gasteiger partial charge in [-0.15, -0.1) is 0 Å². The number of rotatable bonds is 3. The second kappa shape index (κ2) is 4.94. The van der Waals surface area contributed by atoms with Gasteiger partial charge in [-0.3, -0.25) is 0 Å². The quantitative estimate of drug-likeness (QED) is 0.796. The van der Waals surface area contributed by atoms with Crippen molar-refractivity contribution in [1.29, 1.82) is 0 Å². The van der Waals surface area contributed by atoms with E-state index in [1.54, 1.807) is 19.2 Å². The lowest BCUT2D eigenvalue weighted by Crippen LogP contribution is -1.95. The molecule has 0 saturated heterocycles. The third-order valence-electron chi connectivity index (χ3n) is 3.30. The second-order valence-electron chi connectivity index (χ2n) is 4.66. The van der Waals surface area contributed by atoms with Gasteiger partial charge in [-0.25, -0.2) is 9.78 Å². The summed E-state index contributed by atoms with van der Waals surface area (Å²) < 4.78 is 10.9. The first kappa shape index (κ1) is 13.2. The minimum absolute atomic E-state index is 0.102. The number of carboxylic acid groups (broad SMARTS) is 1. The molecule has 0 fully saturated rings. The van der Waals surface area contributed by atoms with Crippen LogP contribution in [0.25, 0.3) is 22.6 Å². The maximum atomic E-state index is 11.2. The predicted octanol–water partition coefficient (Wildman–Crippen LogP) is 3.51. The Morgan fingerprint density at radius 3 is 2.81 bits per heavy atom. The first-order chi connectivity index (χ1) is 10.1. The van der Waals surface area contributed by atoms with Crippen molar-refractivity contribution in [2.24, 2.45) is 0 Å². The Hall–Kier alpha value is -2.82. The lowest BCUT2D eigenvalue weighted by molar-refractivity contribution is 0.0698. The number of benzene rings is 2. The first-order valence-corrected chi connectivity index (χ1v) is 6.38. The van der Waals surface area contributed by atoms with E-state index in [2.05, 4.69) is 4.98 Å². The van der Waals surface area contributed by atoms with E-state index < -0.39 is 5.97 Å². The largest absolute Gasteiger partial charge is 0.496 e. The first-order valence-electron chi connectivity index (χ1n) is 6.38. The van der Waals surface area contributed by atoms with Crippen LogP contribution in [-0.2, 0) is 0 Å². The highest BCUT2D eigenvalue weighted by molar-refractivity contribution is 6.00. The van der Waals surface area contributed by atoms with Crippen LogP contribution in [0, 0.1) is 6.92 Å². The molecule has 3 aromatic rings. The van der Waals surface area contributed by atoms with Gasteiger partial charge in [-0.05, 0) is 36.8 Å². The number of aryl methyl sites for hydroxylation is 1. The van der Waals surface area contributed by atoms with Gasteiger partial charge >= 0.3 is 5.97 Å². The molecular formula is C16H13NO4. The lowest BCUT2D eigenvalue weighted by atomic mass is 10.1. The zero-order valence-corrected chi connectivity index (χ0v) is 11.6. The van der Waals surface area contributed by atoms with Crippen molar-refractivity contribution in [3.63, 3.8) is 0 Å². The average molecular weight is 283 g/mol. The Morgan fingerprint density at radius 1 is 1.29 bits per heavy atom. The Morgan fingerprint density at radius 2 is 2.10 bits per heavy atom. The Kier molecular flexibility index (Phi) is 3.10.